The zero-order valence-electron chi connectivity index (χ0n) is 13.4. The fourth-order valence-corrected chi connectivity index (χ4v) is 3.72. The van der Waals surface area contributed by atoms with E-state index in [1.165, 1.54) is 0 Å². The number of nitrogens with zero attached hydrogens (tertiary/aromatic N) is 2. The molecule has 7 heteroatoms. The molecular weight excluding hydrogens is 429 g/mol. The number of fused-ring (bicyclic) bond motifs is 1. The molecule has 6 nitrogen and oxygen atoms in total. The third kappa shape index (κ3) is 3.39. The predicted octanol–water partition coefficient (Wildman–Crippen LogP) is 2.30. The van der Waals surface area contributed by atoms with Gasteiger partial charge in [0.05, 0.1) is 21.5 Å². The monoisotopic (exact) mass is 447 g/mol. The zero-order valence-corrected chi connectivity index (χ0v) is 15.6. The van der Waals surface area contributed by atoms with E-state index in [1.54, 1.807) is 0 Å². The van der Waals surface area contributed by atoms with Crippen LogP contribution in [-0.4, -0.2) is 32.0 Å². The molecule has 0 radical (unpaired) electrons. The van der Waals surface area contributed by atoms with Gasteiger partial charge in [0.25, 0.3) is 0 Å². The first-order valence-electron chi connectivity index (χ1n) is 8.15. The standard InChI is InChI=1S/C18H18IN5O/c19-13-10-20-23-16(13)17(25)22-18-21-14-8-4-5-9-15(14)24(18)11-12-6-2-1-3-7-12/h1-9,13,16,20,23H,10-11H2,(H,21,22,25). The SMILES string of the molecule is O=C(Nc1nc2ccccc2n1Cc1ccccc1)C1NNCC1I. The molecule has 1 aromatic heterocycles. The summed E-state index contributed by atoms with van der Waals surface area (Å²) in [6.45, 7) is 1.42. The van der Waals surface area contributed by atoms with E-state index in [4.69, 9.17) is 0 Å². The second kappa shape index (κ2) is 7.11. The highest BCUT2D eigenvalue weighted by Gasteiger charge is 2.31. The first-order valence-corrected chi connectivity index (χ1v) is 9.39. The topological polar surface area (TPSA) is 71.0 Å². The molecule has 2 aromatic carbocycles. The Hall–Kier alpha value is -1.97. The molecule has 3 N–H and O–H groups in total. The fourth-order valence-electron chi connectivity index (χ4n) is 2.99. The maximum Gasteiger partial charge on any atom is 0.246 e. The second-order valence-electron chi connectivity index (χ2n) is 6.00. The minimum absolute atomic E-state index is 0.0750. The number of benzene rings is 2. The molecule has 1 aliphatic rings. The van der Waals surface area contributed by atoms with E-state index < -0.39 is 0 Å². The summed E-state index contributed by atoms with van der Waals surface area (Å²) in [5.74, 6) is 0.501. The van der Waals surface area contributed by atoms with Crippen molar-refractivity contribution in [3.05, 3.63) is 60.2 Å². The highest BCUT2D eigenvalue weighted by molar-refractivity contribution is 14.1. The van der Waals surface area contributed by atoms with Crippen molar-refractivity contribution in [3.63, 3.8) is 0 Å². The summed E-state index contributed by atoms with van der Waals surface area (Å²) >= 11 is 2.28. The van der Waals surface area contributed by atoms with Crippen LogP contribution < -0.4 is 16.2 Å². The number of amides is 1. The average molecular weight is 447 g/mol. The Morgan fingerprint density at radius 3 is 2.72 bits per heavy atom. The molecule has 25 heavy (non-hydrogen) atoms. The maximum absolute atomic E-state index is 12.6. The summed E-state index contributed by atoms with van der Waals surface area (Å²) in [5.41, 5.74) is 9.08. The number of aromatic nitrogens is 2. The molecule has 1 amide bonds. The van der Waals surface area contributed by atoms with Crippen molar-refractivity contribution in [1.29, 1.82) is 0 Å². The van der Waals surface area contributed by atoms with Gasteiger partial charge in [-0.1, -0.05) is 65.1 Å². The number of hydrogen-bond acceptors (Lipinski definition) is 4. The first kappa shape index (κ1) is 16.5. The van der Waals surface area contributed by atoms with E-state index in [9.17, 15) is 4.79 Å². The van der Waals surface area contributed by atoms with Gasteiger partial charge in [0, 0.05) is 6.54 Å². The summed E-state index contributed by atoms with van der Waals surface area (Å²) in [5, 5.41) is 3.00. The lowest BCUT2D eigenvalue weighted by Gasteiger charge is -2.15. The normalized spacial score (nSPS) is 20.0. The van der Waals surface area contributed by atoms with Gasteiger partial charge in [0.1, 0.15) is 6.04 Å². The van der Waals surface area contributed by atoms with Crippen LogP contribution in [0.15, 0.2) is 54.6 Å². The smallest absolute Gasteiger partial charge is 0.246 e. The molecule has 1 fully saturated rings. The lowest BCUT2D eigenvalue weighted by Crippen LogP contribution is -2.42. The molecule has 4 rings (SSSR count). The van der Waals surface area contributed by atoms with Gasteiger partial charge in [-0.25, -0.2) is 10.4 Å². The van der Waals surface area contributed by atoms with E-state index >= 15 is 0 Å². The number of carbonyl (C=O) groups excluding carboxylic acids is 1. The van der Waals surface area contributed by atoms with Crippen molar-refractivity contribution in [3.8, 4) is 0 Å². The Balaban J connectivity index is 1.67. The van der Waals surface area contributed by atoms with Gasteiger partial charge in [-0.3, -0.25) is 15.5 Å². The number of hydrazine groups is 1. The Morgan fingerprint density at radius 1 is 1.20 bits per heavy atom. The predicted molar refractivity (Wildman–Crippen MR) is 107 cm³/mol. The van der Waals surface area contributed by atoms with Crippen LogP contribution in [0.5, 0.6) is 0 Å². The molecule has 0 spiro atoms. The molecular formula is C18H18IN5O. The van der Waals surface area contributed by atoms with Crippen LogP contribution in [0.4, 0.5) is 5.95 Å². The quantitative estimate of drug-likeness (QED) is 0.424. The molecule has 0 aliphatic carbocycles. The van der Waals surface area contributed by atoms with Gasteiger partial charge in [-0.15, -0.1) is 0 Å². The number of para-hydroxylation sites is 2. The molecule has 1 aliphatic heterocycles. The molecule has 2 heterocycles. The molecule has 2 unspecified atom stereocenters. The summed E-state index contributed by atoms with van der Waals surface area (Å²) < 4.78 is 2.25. The molecule has 0 saturated carbocycles. The van der Waals surface area contributed by atoms with Crippen molar-refractivity contribution in [2.24, 2.45) is 0 Å². The molecule has 128 valence electrons. The van der Waals surface area contributed by atoms with Crippen LogP contribution in [0.3, 0.4) is 0 Å². The zero-order chi connectivity index (χ0) is 17.2. The summed E-state index contributed by atoms with van der Waals surface area (Å²) in [4.78, 5) is 17.3. The van der Waals surface area contributed by atoms with Crippen LogP contribution in [0.2, 0.25) is 0 Å². The number of alkyl halides is 1. The van der Waals surface area contributed by atoms with Crippen LogP contribution in [0.25, 0.3) is 11.0 Å². The third-order valence-corrected chi connectivity index (χ3v) is 5.43. The van der Waals surface area contributed by atoms with Crippen LogP contribution in [0, 0.1) is 0 Å². The Labute approximate surface area is 159 Å². The van der Waals surface area contributed by atoms with Crippen LogP contribution in [-0.2, 0) is 11.3 Å². The minimum atomic E-state index is -0.273. The van der Waals surface area contributed by atoms with E-state index in [0.29, 0.717) is 12.5 Å². The van der Waals surface area contributed by atoms with Crippen molar-refractivity contribution in [2.45, 2.75) is 16.5 Å². The number of hydrogen-bond donors (Lipinski definition) is 3. The first-order chi connectivity index (χ1) is 12.2. The summed E-state index contributed by atoms with van der Waals surface area (Å²) in [7, 11) is 0. The molecule has 3 aromatic rings. The van der Waals surface area contributed by atoms with Crippen molar-refractivity contribution in [2.75, 3.05) is 11.9 Å². The van der Waals surface area contributed by atoms with E-state index in [0.717, 1.165) is 23.1 Å². The third-order valence-electron chi connectivity index (χ3n) is 4.27. The van der Waals surface area contributed by atoms with Crippen molar-refractivity contribution < 1.29 is 4.79 Å². The van der Waals surface area contributed by atoms with Gasteiger partial charge >= 0.3 is 0 Å². The molecule has 2 atom stereocenters. The number of anilines is 1. The van der Waals surface area contributed by atoms with Crippen LogP contribution >= 0.6 is 22.6 Å². The highest BCUT2D eigenvalue weighted by Crippen LogP contribution is 2.22. The van der Waals surface area contributed by atoms with E-state index in [1.807, 2.05) is 47.0 Å². The number of rotatable bonds is 4. The number of imidazole rings is 1. The van der Waals surface area contributed by atoms with Gasteiger partial charge in [-0.05, 0) is 17.7 Å². The fraction of sp³-hybridized carbons (Fsp3) is 0.222. The van der Waals surface area contributed by atoms with Gasteiger partial charge in [-0.2, -0.15) is 0 Å². The van der Waals surface area contributed by atoms with Gasteiger partial charge in [0.15, 0.2) is 0 Å². The molecule has 1 saturated heterocycles. The lowest BCUT2D eigenvalue weighted by atomic mass is 10.2. The molecule has 0 bridgehead atoms. The largest absolute Gasteiger partial charge is 0.305 e. The van der Waals surface area contributed by atoms with Crippen molar-refractivity contribution >= 4 is 45.5 Å². The highest BCUT2D eigenvalue weighted by atomic mass is 127. The second-order valence-corrected chi connectivity index (χ2v) is 7.60. The lowest BCUT2D eigenvalue weighted by molar-refractivity contribution is -0.117. The Kier molecular flexibility index (Phi) is 4.69. The number of nitrogens with one attached hydrogen (secondary N) is 3. The van der Waals surface area contributed by atoms with Crippen LogP contribution in [0.1, 0.15) is 5.56 Å². The average Bonchev–Trinajstić information content (AvgIpc) is 3.20. The summed E-state index contributed by atoms with van der Waals surface area (Å²) in [6.07, 6.45) is 0. The summed E-state index contributed by atoms with van der Waals surface area (Å²) in [6, 6.07) is 17.8. The van der Waals surface area contributed by atoms with Crippen molar-refractivity contribution in [1.82, 2.24) is 20.4 Å². The maximum atomic E-state index is 12.6. The van der Waals surface area contributed by atoms with E-state index in [2.05, 4.69) is 55.9 Å². The van der Waals surface area contributed by atoms with Gasteiger partial charge in [0.2, 0.25) is 11.9 Å². The number of carbonyl (C=O) groups is 1. The Morgan fingerprint density at radius 2 is 1.96 bits per heavy atom. The van der Waals surface area contributed by atoms with E-state index in [-0.39, 0.29) is 15.9 Å². The van der Waals surface area contributed by atoms with Gasteiger partial charge < -0.3 is 4.57 Å². The Bertz CT molecular complexity index is 895. The minimum Gasteiger partial charge on any atom is -0.305 e. The number of halogens is 1.